The fourth-order valence-electron chi connectivity index (χ4n) is 2.70. The maximum absolute atomic E-state index is 12.9. The highest BCUT2D eigenvalue weighted by Crippen LogP contribution is 2.25. The maximum atomic E-state index is 12.9. The van der Waals surface area contributed by atoms with Crippen LogP contribution in [0.5, 0.6) is 0 Å². The molecule has 150 valence electrons. The number of fused-ring (bicyclic) bond motifs is 1. The summed E-state index contributed by atoms with van der Waals surface area (Å²) in [4.78, 5) is 29.7. The van der Waals surface area contributed by atoms with Crippen molar-refractivity contribution in [2.24, 2.45) is 0 Å². The first kappa shape index (κ1) is 20.5. The summed E-state index contributed by atoms with van der Waals surface area (Å²) in [5.74, 6) is 1.22. The lowest BCUT2D eigenvalue weighted by Gasteiger charge is -2.20. The van der Waals surface area contributed by atoms with Crippen LogP contribution in [-0.4, -0.2) is 41.2 Å². The molecule has 3 rings (SSSR count). The third kappa shape index (κ3) is 4.25. The molecule has 0 bridgehead atoms. The van der Waals surface area contributed by atoms with Gasteiger partial charge in [-0.15, -0.1) is 10.2 Å². The molecule has 0 aliphatic rings. The molecule has 1 amide bonds. The van der Waals surface area contributed by atoms with Crippen LogP contribution in [0.3, 0.4) is 0 Å². The van der Waals surface area contributed by atoms with Gasteiger partial charge in [0.15, 0.2) is 9.99 Å². The van der Waals surface area contributed by atoms with Crippen molar-refractivity contribution in [3.05, 3.63) is 22.4 Å². The Bertz CT molecular complexity index is 1060. The fraction of sp³-hybridized carbons (Fsp3) is 0.529. The zero-order valence-corrected chi connectivity index (χ0v) is 18.1. The number of thioether (sulfide) groups is 1. The standard InChI is InChI=1S/C17H23N7O2S2/c1-6-27-16-22-21-15(28-16)20-12(25)7-8-23-10(2)19-13-11(14(23)26)9-18-24(13)17(3,4)5/h9H,6-8H2,1-5H3,(H,20,21,25). The zero-order chi connectivity index (χ0) is 20.5. The molecule has 28 heavy (non-hydrogen) atoms. The highest BCUT2D eigenvalue weighted by Gasteiger charge is 2.21. The number of nitrogens with one attached hydrogen (secondary N) is 1. The van der Waals surface area contributed by atoms with Gasteiger partial charge in [-0.1, -0.05) is 30.0 Å². The van der Waals surface area contributed by atoms with Crippen LogP contribution in [0.1, 0.15) is 39.9 Å². The van der Waals surface area contributed by atoms with Crippen LogP contribution >= 0.6 is 23.1 Å². The molecule has 0 fully saturated rings. The Balaban J connectivity index is 1.75. The first-order valence-electron chi connectivity index (χ1n) is 8.92. The molecule has 3 aromatic heterocycles. The predicted molar refractivity (Wildman–Crippen MR) is 111 cm³/mol. The van der Waals surface area contributed by atoms with Crippen molar-refractivity contribution >= 4 is 45.2 Å². The highest BCUT2D eigenvalue weighted by atomic mass is 32.2. The Labute approximate surface area is 170 Å². The van der Waals surface area contributed by atoms with Crippen molar-refractivity contribution in [1.82, 2.24) is 29.5 Å². The molecule has 0 unspecified atom stereocenters. The number of hydrogen-bond acceptors (Lipinski definition) is 8. The van der Waals surface area contributed by atoms with E-state index in [4.69, 9.17) is 0 Å². The van der Waals surface area contributed by atoms with Crippen LogP contribution in [0.2, 0.25) is 0 Å². The lowest BCUT2D eigenvalue weighted by Crippen LogP contribution is -2.28. The lowest BCUT2D eigenvalue weighted by atomic mass is 10.1. The third-order valence-corrected chi connectivity index (χ3v) is 5.85. The van der Waals surface area contributed by atoms with Crippen molar-refractivity contribution in [3.63, 3.8) is 0 Å². The molecule has 9 nitrogen and oxygen atoms in total. The molecular formula is C17H23N7O2S2. The number of carbonyl (C=O) groups is 1. The minimum absolute atomic E-state index is 0.136. The number of carbonyl (C=O) groups excluding carboxylic acids is 1. The lowest BCUT2D eigenvalue weighted by molar-refractivity contribution is -0.116. The Hall–Kier alpha value is -2.27. The Morgan fingerprint density at radius 1 is 1.32 bits per heavy atom. The van der Waals surface area contributed by atoms with Gasteiger partial charge in [0.1, 0.15) is 11.2 Å². The van der Waals surface area contributed by atoms with Gasteiger partial charge in [-0.25, -0.2) is 9.67 Å². The summed E-state index contributed by atoms with van der Waals surface area (Å²) in [6.07, 6.45) is 1.68. The minimum Gasteiger partial charge on any atom is -0.300 e. The van der Waals surface area contributed by atoms with E-state index in [1.165, 1.54) is 15.9 Å². The summed E-state index contributed by atoms with van der Waals surface area (Å²) in [5, 5.41) is 15.9. The SMILES string of the molecule is CCSc1nnc(NC(=O)CCn2c(C)nc3c(cnn3C(C)(C)C)c2=O)s1. The topological polar surface area (TPSA) is 108 Å². The van der Waals surface area contributed by atoms with E-state index in [0.29, 0.717) is 22.0 Å². The van der Waals surface area contributed by atoms with Gasteiger partial charge in [-0.2, -0.15) is 5.10 Å². The van der Waals surface area contributed by atoms with Crippen LogP contribution < -0.4 is 10.9 Å². The summed E-state index contributed by atoms with van der Waals surface area (Å²) in [6.45, 7) is 10.0. The molecule has 0 saturated heterocycles. The Morgan fingerprint density at radius 2 is 2.07 bits per heavy atom. The fourth-order valence-corrected chi connectivity index (χ4v) is 4.36. The van der Waals surface area contributed by atoms with Gasteiger partial charge in [0, 0.05) is 13.0 Å². The normalized spacial score (nSPS) is 11.9. The summed E-state index contributed by atoms with van der Waals surface area (Å²) in [7, 11) is 0. The van der Waals surface area contributed by atoms with Gasteiger partial charge in [-0.3, -0.25) is 14.2 Å². The molecule has 3 heterocycles. The number of hydrogen-bond donors (Lipinski definition) is 1. The van der Waals surface area contributed by atoms with Crippen molar-refractivity contribution < 1.29 is 4.79 Å². The Morgan fingerprint density at radius 3 is 2.75 bits per heavy atom. The number of aromatic nitrogens is 6. The van der Waals surface area contributed by atoms with Crippen molar-refractivity contribution in [3.8, 4) is 0 Å². The quantitative estimate of drug-likeness (QED) is 0.481. The average Bonchev–Trinajstić information content (AvgIpc) is 3.21. The molecule has 0 radical (unpaired) electrons. The molecule has 11 heteroatoms. The maximum Gasteiger partial charge on any atom is 0.264 e. The van der Waals surface area contributed by atoms with Gasteiger partial charge in [0.05, 0.1) is 11.7 Å². The van der Waals surface area contributed by atoms with Crippen molar-refractivity contribution in [1.29, 1.82) is 0 Å². The van der Waals surface area contributed by atoms with Gasteiger partial charge in [0.2, 0.25) is 11.0 Å². The van der Waals surface area contributed by atoms with E-state index >= 15 is 0 Å². The van der Waals surface area contributed by atoms with Gasteiger partial charge >= 0.3 is 0 Å². The number of amides is 1. The van der Waals surface area contributed by atoms with E-state index in [1.807, 2.05) is 27.7 Å². The van der Waals surface area contributed by atoms with Gasteiger partial charge < -0.3 is 5.32 Å². The van der Waals surface area contributed by atoms with Crippen molar-refractivity contribution in [2.75, 3.05) is 11.1 Å². The molecule has 1 N–H and O–H groups in total. The second kappa shape index (κ2) is 8.00. The Kier molecular flexibility index (Phi) is 5.84. The smallest absolute Gasteiger partial charge is 0.264 e. The summed E-state index contributed by atoms with van der Waals surface area (Å²) in [5.41, 5.74) is 0.0879. The van der Waals surface area contributed by atoms with Crippen LogP contribution in [0, 0.1) is 6.92 Å². The molecule has 0 aliphatic heterocycles. The number of aryl methyl sites for hydroxylation is 1. The molecule has 3 aromatic rings. The molecule has 0 atom stereocenters. The molecule has 0 spiro atoms. The highest BCUT2D eigenvalue weighted by molar-refractivity contribution is 8.01. The third-order valence-electron chi connectivity index (χ3n) is 4.00. The molecule has 0 saturated carbocycles. The van der Waals surface area contributed by atoms with E-state index in [-0.39, 0.29) is 30.0 Å². The van der Waals surface area contributed by atoms with E-state index < -0.39 is 0 Å². The predicted octanol–water partition coefficient (Wildman–Crippen LogP) is 2.65. The average molecular weight is 422 g/mol. The zero-order valence-electron chi connectivity index (χ0n) is 16.5. The summed E-state index contributed by atoms with van der Waals surface area (Å²) < 4.78 is 4.07. The molecular weight excluding hydrogens is 398 g/mol. The van der Waals surface area contributed by atoms with Crippen LogP contribution in [-0.2, 0) is 16.9 Å². The van der Waals surface area contributed by atoms with Crippen LogP contribution in [0.4, 0.5) is 5.13 Å². The largest absolute Gasteiger partial charge is 0.300 e. The number of nitrogens with zero attached hydrogens (tertiary/aromatic N) is 6. The summed E-state index contributed by atoms with van der Waals surface area (Å²) in [6, 6.07) is 0. The minimum atomic E-state index is -0.281. The van der Waals surface area contributed by atoms with Gasteiger partial charge in [0.25, 0.3) is 5.56 Å². The molecule has 0 aliphatic carbocycles. The van der Waals surface area contributed by atoms with Crippen LogP contribution in [0.25, 0.3) is 11.0 Å². The number of anilines is 1. The second-order valence-corrected chi connectivity index (χ2v) is 9.67. The number of rotatable bonds is 6. The monoisotopic (exact) mass is 421 g/mol. The van der Waals surface area contributed by atoms with Crippen molar-refractivity contribution in [2.45, 2.75) is 57.5 Å². The van der Waals surface area contributed by atoms with Crippen LogP contribution in [0.15, 0.2) is 15.3 Å². The van der Waals surface area contributed by atoms with E-state index in [1.54, 1.807) is 29.6 Å². The first-order chi connectivity index (χ1) is 13.2. The second-order valence-electron chi connectivity index (χ2n) is 7.18. The first-order valence-corrected chi connectivity index (χ1v) is 10.7. The van der Waals surface area contributed by atoms with E-state index in [2.05, 4.69) is 25.6 Å². The molecule has 0 aromatic carbocycles. The van der Waals surface area contributed by atoms with Gasteiger partial charge in [-0.05, 0) is 33.4 Å². The summed E-state index contributed by atoms with van der Waals surface area (Å²) >= 11 is 2.91. The van der Waals surface area contributed by atoms with E-state index in [0.717, 1.165) is 10.1 Å². The van der Waals surface area contributed by atoms with E-state index in [9.17, 15) is 9.59 Å².